The van der Waals surface area contributed by atoms with Crippen molar-refractivity contribution in [3.63, 3.8) is 0 Å². The standard InChI is InChI=1S/C7H16O.Ti/c1-4-5-6-7(2,3)8;/h8H,4-6H2,1-3H3;. The molecule has 0 radical (unpaired) electrons. The van der Waals surface area contributed by atoms with Gasteiger partial charge in [-0.2, -0.15) is 0 Å². The van der Waals surface area contributed by atoms with Crippen molar-refractivity contribution in [2.45, 2.75) is 45.6 Å². The van der Waals surface area contributed by atoms with E-state index in [9.17, 15) is 0 Å². The van der Waals surface area contributed by atoms with Gasteiger partial charge in [0, 0.05) is 21.7 Å². The summed E-state index contributed by atoms with van der Waals surface area (Å²) in [7, 11) is 0. The molecule has 0 heterocycles. The number of aliphatic hydroxyl groups is 1. The number of unbranched alkanes of at least 4 members (excludes halogenated alkanes) is 1. The van der Waals surface area contributed by atoms with Crippen LogP contribution in [0.3, 0.4) is 0 Å². The number of hydrogen-bond acceptors (Lipinski definition) is 1. The second-order valence-electron chi connectivity index (χ2n) is 2.92. The summed E-state index contributed by atoms with van der Waals surface area (Å²) in [5, 5.41) is 9.15. The summed E-state index contributed by atoms with van der Waals surface area (Å²) in [6.45, 7) is 5.83. The summed E-state index contributed by atoms with van der Waals surface area (Å²) < 4.78 is 0. The van der Waals surface area contributed by atoms with Gasteiger partial charge in [-0.3, -0.25) is 0 Å². The summed E-state index contributed by atoms with van der Waals surface area (Å²) in [5.74, 6) is 0. The fraction of sp³-hybridized carbons (Fsp3) is 1.00. The Hall–Kier alpha value is 0.674. The average molecular weight is 164 g/mol. The smallest absolute Gasteiger partial charge is 0.0591 e. The van der Waals surface area contributed by atoms with Crippen LogP contribution in [0, 0.1) is 0 Å². The molecule has 0 atom stereocenters. The fourth-order valence-corrected chi connectivity index (χ4v) is 0.609. The monoisotopic (exact) mass is 164 g/mol. The van der Waals surface area contributed by atoms with Gasteiger partial charge in [0.05, 0.1) is 5.60 Å². The van der Waals surface area contributed by atoms with Gasteiger partial charge in [-0.05, 0) is 20.3 Å². The number of hydrogen-bond donors (Lipinski definition) is 1. The SMILES string of the molecule is CCCCC(C)(C)O.[Ti]. The van der Waals surface area contributed by atoms with Crippen LogP contribution in [0.2, 0.25) is 0 Å². The van der Waals surface area contributed by atoms with Crippen LogP contribution in [0.1, 0.15) is 40.0 Å². The van der Waals surface area contributed by atoms with E-state index in [1.807, 2.05) is 13.8 Å². The molecule has 0 spiro atoms. The van der Waals surface area contributed by atoms with Crippen molar-refractivity contribution in [2.75, 3.05) is 0 Å². The minimum absolute atomic E-state index is 0. The summed E-state index contributed by atoms with van der Waals surface area (Å²) in [4.78, 5) is 0. The molecule has 0 aliphatic carbocycles. The molecule has 2 heteroatoms. The first-order chi connectivity index (χ1) is 3.56. The zero-order chi connectivity index (χ0) is 6.62. The van der Waals surface area contributed by atoms with E-state index in [1.165, 1.54) is 6.42 Å². The van der Waals surface area contributed by atoms with E-state index < -0.39 is 5.60 Å². The van der Waals surface area contributed by atoms with Crippen molar-refractivity contribution >= 4 is 0 Å². The molecule has 0 amide bonds. The van der Waals surface area contributed by atoms with E-state index in [-0.39, 0.29) is 21.7 Å². The maximum atomic E-state index is 9.15. The van der Waals surface area contributed by atoms with E-state index in [1.54, 1.807) is 0 Å². The molecule has 9 heavy (non-hydrogen) atoms. The summed E-state index contributed by atoms with van der Waals surface area (Å²) >= 11 is 0. The van der Waals surface area contributed by atoms with Crippen LogP contribution >= 0.6 is 0 Å². The third-order valence-electron chi connectivity index (χ3n) is 1.14. The van der Waals surface area contributed by atoms with Gasteiger partial charge in [-0.1, -0.05) is 19.8 Å². The Morgan fingerprint density at radius 1 is 1.33 bits per heavy atom. The van der Waals surface area contributed by atoms with Gasteiger partial charge in [-0.15, -0.1) is 0 Å². The first-order valence-electron chi connectivity index (χ1n) is 3.28. The van der Waals surface area contributed by atoms with E-state index in [0.717, 1.165) is 12.8 Å². The van der Waals surface area contributed by atoms with Gasteiger partial charge >= 0.3 is 0 Å². The Balaban J connectivity index is 0. The summed E-state index contributed by atoms with van der Waals surface area (Å²) in [6, 6.07) is 0. The van der Waals surface area contributed by atoms with E-state index in [4.69, 9.17) is 5.11 Å². The predicted octanol–water partition coefficient (Wildman–Crippen LogP) is 1.94. The number of rotatable bonds is 3. The second-order valence-corrected chi connectivity index (χ2v) is 2.92. The molecule has 0 aliphatic rings. The van der Waals surface area contributed by atoms with Crippen LogP contribution < -0.4 is 0 Å². The molecule has 0 bridgehead atoms. The van der Waals surface area contributed by atoms with Crippen molar-refractivity contribution in [2.24, 2.45) is 0 Å². The third-order valence-corrected chi connectivity index (χ3v) is 1.14. The van der Waals surface area contributed by atoms with Gasteiger partial charge in [0.25, 0.3) is 0 Å². The Morgan fingerprint density at radius 3 is 1.89 bits per heavy atom. The third kappa shape index (κ3) is 12.0. The molecule has 0 unspecified atom stereocenters. The van der Waals surface area contributed by atoms with Crippen molar-refractivity contribution < 1.29 is 26.8 Å². The van der Waals surface area contributed by atoms with Gasteiger partial charge in [0.1, 0.15) is 0 Å². The fourth-order valence-electron chi connectivity index (χ4n) is 0.609. The predicted molar refractivity (Wildman–Crippen MR) is 35.8 cm³/mol. The Labute approximate surface area is 72.7 Å². The first kappa shape index (κ1) is 12.4. The van der Waals surface area contributed by atoms with Crippen molar-refractivity contribution in [1.82, 2.24) is 0 Å². The van der Waals surface area contributed by atoms with Crippen LogP contribution in [-0.2, 0) is 21.7 Å². The molecule has 1 nitrogen and oxygen atoms in total. The van der Waals surface area contributed by atoms with Crippen molar-refractivity contribution in [3.05, 3.63) is 0 Å². The molecule has 0 aliphatic heterocycles. The van der Waals surface area contributed by atoms with Crippen molar-refractivity contribution in [3.8, 4) is 0 Å². The zero-order valence-corrected chi connectivity index (χ0v) is 8.13. The molecule has 0 saturated carbocycles. The van der Waals surface area contributed by atoms with Gasteiger partial charge in [0.2, 0.25) is 0 Å². The largest absolute Gasteiger partial charge is 0.390 e. The molecule has 0 saturated heterocycles. The Bertz CT molecular complexity index is 56.4. The van der Waals surface area contributed by atoms with E-state index in [2.05, 4.69) is 6.92 Å². The van der Waals surface area contributed by atoms with Crippen LogP contribution in [0.4, 0.5) is 0 Å². The molecule has 0 aromatic rings. The minimum atomic E-state index is -0.448. The summed E-state index contributed by atoms with van der Waals surface area (Å²) in [6.07, 6.45) is 3.22. The van der Waals surface area contributed by atoms with Crippen LogP contribution in [0.25, 0.3) is 0 Å². The molecule has 54 valence electrons. The molecule has 0 fully saturated rings. The summed E-state index contributed by atoms with van der Waals surface area (Å²) in [5.41, 5.74) is -0.448. The maximum absolute atomic E-state index is 9.15. The van der Waals surface area contributed by atoms with Gasteiger partial charge in [0.15, 0.2) is 0 Å². The molecule has 0 rings (SSSR count). The van der Waals surface area contributed by atoms with Crippen LogP contribution in [0.5, 0.6) is 0 Å². The first-order valence-corrected chi connectivity index (χ1v) is 3.28. The Kier molecular flexibility index (Phi) is 7.50. The quantitative estimate of drug-likeness (QED) is 0.632. The molecule has 1 N–H and O–H groups in total. The van der Waals surface area contributed by atoms with Crippen LogP contribution in [0.15, 0.2) is 0 Å². The van der Waals surface area contributed by atoms with E-state index >= 15 is 0 Å². The zero-order valence-electron chi connectivity index (χ0n) is 6.57. The average Bonchev–Trinajstić information content (AvgIpc) is 1.59. The molecule has 0 aromatic heterocycles. The van der Waals surface area contributed by atoms with E-state index in [0.29, 0.717) is 0 Å². The minimum Gasteiger partial charge on any atom is -0.390 e. The molecular weight excluding hydrogens is 148 g/mol. The van der Waals surface area contributed by atoms with Gasteiger partial charge in [-0.25, -0.2) is 0 Å². The normalized spacial score (nSPS) is 10.7. The second kappa shape index (κ2) is 5.46. The maximum Gasteiger partial charge on any atom is 0.0591 e. The van der Waals surface area contributed by atoms with Crippen molar-refractivity contribution in [1.29, 1.82) is 0 Å². The topological polar surface area (TPSA) is 20.2 Å². The van der Waals surface area contributed by atoms with Crippen LogP contribution in [-0.4, -0.2) is 10.7 Å². The molecule has 0 aromatic carbocycles. The molecular formula is C7H16OTi. The Morgan fingerprint density at radius 2 is 1.78 bits per heavy atom. The van der Waals surface area contributed by atoms with Gasteiger partial charge < -0.3 is 5.11 Å².